The summed E-state index contributed by atoms with van der Waals surface area (Å²) in [5.74, 6) is -2.07. The summed E-state index contributed by atoms with van der Waals surface area (Å²) in [6, 6.07) is 7.50. The Hall–Kier alpha value is -2.11. The van der Waals surface area contributed by atoms with E-state index in [4.69, 9.17) is 0 Å². The van der Waals surface area contributed by atoms with Gasteiger partial charge in [0.2, 0.25) is 0 Å². The molecule has 2 aromatic rings. The lowest BCUT2D eigenvalue weighted by Gasteiger charge is -2.20. The first kappa shape index (κ1) is 15.3. The van der Waals surface area contributed by atoms with Gasteiger partial charge < -0.3 is 5.32 Å². The quantitative estimate of drug-likeness (QED) is 0.772. The molecule has 2 rings (SSSR count). The molecule has 0 radical (unpaired) electrons. The van der Waals surface area contributed by atoms with Crippen LogP contribution >= 0.6 is 0 Å². The predicted octanol–water partition coefficient (Wildman–Crippen LogP) is 5.16. The minimum Gasteiger partial charge on any atom is -0.378 e. The normalized spacial score (nSPS) is 13.0. The molecule has 1 atom stereocenters. The van der Waals surface area contributed by atoms with E-state index in [1.54, 1.807) is 0 Å². The summed E-state index contributed by atoms with van der Waals surface area (Å²) in [7, 11) is 0. The number of rotatable bonds is 3. The maximum absolute atomic E-state index is 13.1. The van der Waals surface area contributed by atoms with Gasteiger partial charge in [-0.15, -0.1) is 0 Å². The van der Waals surface area contributed by atoms with E-state index in [-0.39, 0.29) is 11.3 Å². The van der Waals surface area contributed by atoms with Gasteiger partial charge in [0.1, 0.15) is 0 Å². The van der Waals surface area contributed by atoms with Crippen LogP contribution in [0.25, 0.3) is 0 Å². The molecule has 0 saturated heterocycles. The second-order valence-electron chi connectivity index (χ2n) is 4.58. The van der Waals surface area contributed by atoms with Gasteiger partial charge in [0, 0.05) is 17.8 Å². The standard InChI is InChI=1S/C15H12F5N/c1-9(21-10-6-7-13(16)14(17)8-10)11-4-2-3-5-12(11)15(18,19)20/h2-9,21H,1H3. The topological polar surface area (TPSA) is 12.0 Å². The van der Waals surface area contributed by atoms with Crippen molar-refractivity contribution in [3.63, 3.8) is 0 Å². The largest absolute Gasteiger partial charge is 0.416 e. The summed E-state index contributed by atoms with van der Waals surface area (Å²) in [6.45, 7) is 1.52. The number of alkyl halides is 3. The first-order valence-electron chi connectivity index (χ1n) is 6.16. The van der Waals surface area contributed by atoms with Gasteiger partial charge in [-0.3, -0.25) is 0 Å². The van der Waals surface area contributed by atoms with Gasteiger partial charge in [0.25, 0.3) is 0 Å². The highest BCUT2D eigenvalue weighted by Gasteiger charge is 2.34. The van der Waals surface area contributed by atoms with E-state index in [9.17, 15) is 22.0 Å². The van der Waals surface area contributed by atoms with E-state index in [0.717, 1.165) is 18.2 Å². The van der Waals surface area contributed by atoms with Crippen molar-refractivity contribution in [2.45, 2.75) is 19.1 Å². The Morgan fingerprint density at radius 2 is 1.62 bits per heavy atom. The minimum atomic E-state index is -4.47. The molecule has 2 aromatic carbocycles. The van der Waals surface area contributed by atoms with E-state index < -0.39 is 29.4 Å². The molecule has 1 unspecified atom stereocenters. The Kier molecular flexibility index (Phi) is 4.16. The summed E-state index contributed by atoms with van der Waals surface area (Å²) in [4.78, 5) is 0. The number of hydrogen-bond donors (Lipinski definition) is 1. The van der Waals surface area contributed by atoms with Crippen LogP contribution in [0, 0.1) is 11.6 Å². The Morgan fingerprint density at radius 3 is 2.24 bits per heavy atom. The van der Waals surface area contributed by atoms with Crippen LogP contribution in [0.2, 0.25) is 0 Å². The van der Waals surface area contributed by atoms with Crippen molar-refractivity contribution in [1.29, 1.82) is 0 Å². The van der Waals surface area contributed by atoms with Gasteiger partial charge in [0.05, 0.1) is 5.56 Å². The molecule has 0 aromatic heterocycles. The van der Waals surface area contributed by atoms with Crippen molar-refractivity contribution in [3.8, 4) is 0 Å². The van der Waals surface area contributed by atoms with E-state index in [1.165, 1.54) is 31.2 Å². The van der Waals surface area contributed by atoms with Crippen LogP contribution in [0.4, 0.5) is 27.6 Å². The Morgan fingerprint density at radius 1 is 0.952 bits per heavy atom. The average Bonchev–Trinajstić information content (AvgIpc) is 2.42. The molecule has 0 bridgehead atoms. The number of benzene rings is 2. The van der Waals surface area contributed by atoms with Crippen LogP contribution in [0.1, 0.15) is 24.1 Å². The fourth-order valence-electron chi connectivity index (χ4n) is 2.05. The van der Waals surface area contributed by atoms with E-state index >= 15 is 0 Å². The molecule has 0 heterocycles. The highest BCUT2D eigenvalue weighted by molar-refractivity contribution is 5.47. The van der Waals surface area contributed by atoms with Crippen molar-refractivity contribution in [2.75, 3.05) is 5.32 Å². The van der Waals surface area contributed by atoms with Crippen molar-refractivity contribution in [3.05, 3.63) is 65.2 Å². The zero-order chi connectivity index (χ0) is 15.6. The van der Waals surface area contributed by atoms with Crippen LogP contribution in [-0.4, -0.2) is 0 Å². The number of halogens is 5. The lowest BCUT2D eigenvalue weighted by Crippen LogP contribution is -2.15. The summed E-state index contributed by atoms with van der Waals surface area (Å²) in [6.07, 6.45) is -4.47. The first-order valence-corrected chi connectivity index (χ1v) is 6.16. The van der Waals surface area contributed by atoms with Gasteiger partial charge in [-0.1, -0.05) is 18.2 Å². The molecule has 0 saturated carbocycles. The minimum absolute atomic E-state index is 0.0368. The predicted molar refractivity (Wildman–Crippen MR) is 69.8 cm³/mol. The average molecular weight is 301 g/mol. The van der Waals surface area contributed by atoms with Crippen LogP contribution in [-0.2, 0) is 6.18 Å². The Bertz CT molecular complexity index is 636. The van der Waals surface area contributed by atoms with Crippen LogP contribution in [0.5, 0.6) is 0 Å². The van der Waals surface area contributed by atoms with Gasteiger partial charge in [0.15, 0.2) is 11.6 Å². The highest BCUT2D eigenvalue weighted by Crippen LogP contribution is 2.35. The fraction of sp³-hybridized carbons (Fsp3) is 0.200. The molecule has 0 amide bonds. The zero-order valence-electron chi connectivity index (χ0n) is 11.0. The number of hydrogen-bond acceptors (Lipinski definition) is 1. The molecular formula is C15H12F5N. The van der Waals surface area contributed by atoms with Crippen molar-refractivity contribution >= 4 is 5.69 Å². The molecule has 112 valence electrons. The number of anilines is 1. The SMILES string of the molecule is CC(Nc1ccc(F)c(F)c1)c1ccccc1C(F)(F)F. The second-order valence-corrected chi connectivity index (χ2v) is 4.58. The van der Waals surface area contributed by atoms with Crippen LogP contribution in [0.15, 0.2) is 42.5 Å². The van der Waals surface area contributed by atoms with Crippen LogP contribution < -0.4 is 5.32 Å². The molecule has 21 heavy (non-hydrogen) atoms. The first-order chi connectivity index (χ1) is 9.79. The summed E-state index contributed by atoms with van der Waals surface area (Å²) in [5.41, 5.74) is -0.513. The molecule has 0 aliphatic heterocycles. The van der Waals surface area contributed by atoms with E-state index in [0.29, 0.717) is 0 Å². The molecule has 1 nitrogen and oxygen atoms in total. The maximum atomic E-state index is 13.1. The molecule has 6 heteroatoms. The van der Waals surface area contributed by atoms with Crippen LogP contribution in [0.3, 0.4) is 0 Å². The van der Waals surface area contributed by atoms with E-state index in [1.807, 2.05) is 0 Å². The molecule has 1 N–H and O–H groups in total. The lowest BCUT2D eigenvalue weighted by molar-refractivity contribution is -0.138. The van der Waals surface area contributed by atoms with Gasteiger partial charge in [-0.25, -0.2) is 8.78 Å². The van der Waals surface area contributed by atoms with Gasteiger partial charge in [-0.2, -0.15) is 13.2 Å². The summed E-state index contributed by atoms with van der Waals surface area (Å²) >= 11 is 0. The summed E-state index contributed by atoms with van der Waals surface area (Å²) < 4.78 is 64.7. The Balaban J connectivity index is 2.28. The second kappa shape index (κ2) is 5.71. The third-order valence-electron chi connectivity index (χ3n) is 3.04. The molecule has 0 fully saturated rings. The third-order valence-corrected chi connectivity index (χ3v) is 3.04. The van der Waals surface area contributed by atoms with Gasteiger partial charge >= 0.3 is 6.18 Å². The fourth-order valence-corrected chi connectivity index (χ4v) is 2.05. The molecule has 0 aliphatic rings. The van der Waals surface area contributed by atoms with Crippen molar-refractivity contribution in [2.24, 2.45) is 0 Å². The molecule has 0 spiro atoms. The van der Waals surface area contributed by atoms with Crippen molar-refractivity contribution < 1.29 is 22.0 Å². The molecular weight excluding hydrogens is 289 g/mol. The molecule has 0 aliphatic carbocycles. The highest BCUT2D eigenvalue weighted by atomic mass is 19.4. The smallest absolute Gasteiger partial charge is 0.378 e. The zero-order valence-corrected chi connectivity index (χ0v) is 11.0. The monoisotopic (exact) mass is 301 g/mol. The Labute approximate surface area is 118 Å². The number of nitrogens with one attached hydrogen (secondary N) is 1. The van der Waals surface area contributed by atoms with Gasteiger partial charge in [-0.05, 0) is 30.7 Å². The maximum Gasteiger partial charge on any atom is 0.416 e. The lowest BCUT2D eigenvalue weighted by atomic mass is 10.0. The summed E-state index contributed by atoms with van der Waals surface area (Å²) in [5, 5.41) is 2.73. The van der Waals surface area contributed by atoms with Crippen molar-refractivity contribution in [1.82, 2.24) is 0 Å². The van der Waals surface area contributed by atoms with E-state index in [2.05, 4.69) is 5.32 Å². The third kappa shape index (κ3) is 3.51.